The first kappa shape index (κ1) is 14.4. The number of nitrogens with zero attached hydrogens (tertiary/aromatic N) is 2. The van der Waals surface area contributed by atoms with E-state index in [-0.39, 0.29) is 17.8 Å². The van der Waals surface area contributed by atoms with Crippen molar-refractivity contribution >= 4 is 0 Å². The third-order valence-electron chi connectivity index (χ3n) is 2.79. The topological polar surface area (TPSA) is 39.1 Å². The molecule has 1 N–H and O–H groups in total. The largest absolute Gasteiger partial charge is 0.494 e. The van der Waals surface area contributed by atoms with E-state index in [1.165, 1.54) is 19.4 Å². The van der Waals surface area contributed by atoms with Crippen LogP contribution in [-0.4, -0.2) is 23.9 Å². The molecule has 2 rings (SSSR count). The molecule has 1 aromatic carbocycles. The molecule has 4 nitrogen and oxygen atoms in total. The van der Waals surface area contributed by atoms with Crippen molar-refractivity contribution in [2.24, 2.45) is 0 Å². The summed E-state index contributed by atoms with van der Waals surface area (Å²) in [6, 6.07) is 6.45. The number of methoxy groups -OCH3 is 1. The number of rotatable bonds is 4. The number of para-hydroxylation sites is 2. The summed E-state index contributed by atoms with van der Waals surface area (Å²) in [6.45, 7) is 0.0873. The highest BCUT2D eigenvalue weighted by Gasteiger charge is 2.38. The number of hydrogen-bond acceptors (Lipinski definition) is 3. The lowest BCUT2D eigenvalue weighted by Crippen LogP contribution is -2.18. The second kappa shape index (κ2) is 5.54. The van der Waals surface area contributed by atoms with Crippen molar-refractivity contribution in [3.8, 4) is 11.4 Å². The van der Waals surface area contributed by atoms with Crippen LogP contribution in [0.25, 0.3) is 5.69 Å². The van der Waals surface area contributed by atoms with Crippen LogP contribution < -0.4 is 10.1 Å². The average molecular weight is 285 g/mol. The molecule has 0 atom stereocenters. The van der Waals surface area contributed by atoms with Crippen molar-refractivity contribution in [2.45, 2.75) is 12.7 Å². The monoisotopic (exact) mass is 285 g/mol. The highest BCUT2D eigenvalue weighted by molar-refractivity contribution is 5.48. The number of halogens is 3. The van der Waals surface area contributed by atoms with Gasteiger partial charge in [0.15, 0.2) is 5.69 Å². The second-order valence-electron chi connectivity index (χ2n) is 4.13. The molecule has 2 aromatic rings. The predicted molar refractivity (Wildman–Crippen MR) is 67.9 cm³/mol. The van der Waals surface area contributed by atoms with Crippen molar-refractivity contribution in [1.29, 1.82) is 0 Å². The van der Waals surface area contributed by atoms with Crippen molar-refractivity contribution < 1.29 is 17.9 Å². The van der Waals surface area contributed by atoms with Gasteiger partial charge in [-0.05, 0) is 19.2 Å². The van der Waals surface area contributed by atoms with E-state index < -0.39 is 11.9 Å². The molecule has 0 aliphatic heterocycles. The van der Waals surface area contributed by atoms with Crippen LogP contribution in [0.15, 0.2) is 30.5 Å². The summed E-state index contributed by atoms with van der Waals surface area (Å²) >= 11 is 0. The lowest BCUT2D eigenvalue weighted by atomic mass is 10.2. The Kier molecular flexibility index (Phi) is 3.99. The standard InChI is InChI=1S/C13H14F3N3O/c1-17-7-9-8-18-19(12(9)13(14,15)16)10-5-3-4-6-11(10)20-2/h3-6,8,17H,7H2,1-2H3. The summed E-state index contributed by atoms with van der Waals surface area (Å²) in [5, 5.41) is 6.56. The summed E-state index contributed by atoms with van der Waals surface area (Å²) in [7, 11) is 2.99. The first-order valence-corrected chi connectivity index (χ1v) is 5.91. The zero-order valence-corrected chi connectivity index (χ0v) is 11.0. The fraction of sp³-hybridized carbons (Fsp3) is 0.308. The molecular weight excluding hydrogens is 271 g/mol. The molecule has 0 amide bonds. The van der Waals surface area contributed by atoms with Gasteiger partial charge in [0.2, 0.25) is 0 Å². The summed E-state index contributed by atoms with van der Waals surface area (Å²) in [6.07, 6.45) is -3.28. The van der Waals surface area contributed by atoms with E-state index in [1.807, 2.05) is 0 Å². The van der Waals surface area contributed by atoms with Crippen LogP contribution in [0.4, 0.5) is 13.2 Å². The Labute approximate surface area is 114 Å². The Morgan fingerprint density at radius 1 is 1.30 bits per heavy atom. The minimum Gasteiger partial charge on any atom is -0.494 e. The van der Waals surface area contributed by atoms with Gasteiger partial charge in [-0.15, -0.1) is 0 Å². The number of hydrogen-bond donors (Lipinski definition) is 1. The first-order valence-electron chi connectivity index (χ1n) is 5.91. The third-order valence-corrected chi connectivity index (χ3v) is 2.79. The van der Waals surface area contributed by atoms with E-state index in [2.05, 4.69) is 10.4 Å². The molecule has 20 heavy (non-hydrogen) atoms. The lowest BCUT2D eigenvalue weighted by molar-refractivity contribution is -0.143. The van der Waals surface area contributed by atoms with Crippen molar-refractivity contribution in [3.05, 3.63) is 41.7 Å². The Morgan fingerprint density at radius 3 is 2.60 bits per heavy atom. The Hall–Kier alpha value is -2.02. The van der Waals surface area contributed by atoms with E-state index >= 15 is 0 Å². The molecule has 0 aliphatic carbocycles. The maximum Gasteiger partial charge on any atom is 0.433 e. The molecule has 0 bridgehead atoms. The maximum absolute atomic E-state index is 13.3. The molecule has 1 aromatic heterocycles. The van der Waals surface area contributed by atoms with Crippen LogP contribution in [0.5, 0.6) is 5.75 Å². The summed E-state index contributed by atoms with van der Waals surface area (Å²) < 4.78 is 45.7. The smallest absolute Gasteiger partial charge is 0.433 e. The first-order chi connectivity index (χ1) is 9.49. The number of benzene rings is 1. The highest BCUT2D eigenvalue weighted by atomic mass is 19.4. The number of aromatic nitrogens is 2. The highest BCUT2D eigenvalue weighted by Crippen LogP contribution is 2.35. The normalized spacial score (nSPS) is 11.7. The molecule has 7 heteroatoms. The fourth-order valence-electron chi connectivity index (χ4n) is 1.99. The van der Waals surface area contributed by atoms with E-state index in [1.54, 1.807) is 25.2 Å². The zero-order valence-electron chi connectivity index (χ0n) is 11.0. The third kappa shape index (κ3) is 2.62. The minimum absolute atomic E-state index is 0.0873. The Morgan fingerprint density at radius 2 is 2.00 bits per heavy atom. The number of alkyl halides is 3. The van der Waals surface area contributed by atoms with Crippen molar-refractivity contribution in [3.63, 3.8) is 0 Å². The van der Waals surface area contributed by atoms with Gasteiger partial charge in [-0.25, -0.2) is 4.68 Å². The van der Waals surface area contributed by atoms with E-state index in [0.717, 1.165) is 4.68 Å². The second-order valence-corrected chi connectivity index (χ2v) is 4.13. The molecule has 0 radical (unpaired) electrons. The Bertz CT molecular complexity index is 593. The molecule has 108 valence electrons. The van der Waals surface area contributed by atoms with Gasteiger partial charge in [0, 0.05) is 12.1 Å². The molecule has 1 heterocycles. The Balaban J connectivity index is 2.62. The molecule has 0 aliphatic rings. The predicted octanol–water partition coefficient (Wildman–Crippen LogP) is 2.62. The van der Waals surface area contributed by atoms with Crippen molar-refractivity contribution in [2.75, 3.05) is 14.2 Å². The van der Waals surface area contributed by atoms with Gasteiger partial charge in [0.1, 0.15) is 11.4 Å². The van der Waals surface area contributed by atoms with Gasteiger partial charge in [-0.2, -0.15) is 18.3 Å². The summed E-state index contributed by atoms with van der Waals surface area (Å²) in [5.74, 6) is 0.331. The lowest BCUT2D eigenvalue weighted by Gasteiger charge is -2.14. The molecule has 0 fully saturated rings. The number of nitrogens with one attached hydrogen (secondary N) is 1. The van der Waals surface area contributed by atoms with Gasteiger partial charge >= 0.3 is 6.18 Å². The van der Waals surface area contributed by atoms with Crippen LogP contribution in [0, 0.1) is 0 Å². The van der Waals surface area contributed by atoms with Crippen LogP contribution in [0.3, 0.4) is 0 Å². The van der Waals surface area contributed by atoms with Gasteiger partial charge in [0.05, 0.1) is 13.3 Å². The van der Waals surface area contributed by atoms with Crippen LogP contribution in [0.1, 0.15) is 11.3 Å². The summed E-state index contributed by atoms with van der Waals surface area (Å²) in [4.78, 5) is 0. The van der Waals surface area contributed by atoms with E-state index in [4.69, 9.17) is 4.74 Å². The fourth-order valence-corrected chi connectivity index (χ4v) is 1.99. The van der Waals surface area contributed by atoms with E-state index in [9.17, 15) is 13.2 Å². The summed E-state index contributed by atoms with van der Waals surface area (Å²) in [5.41, 5.74) is -0.452. The average Bonchev–Trinajstić information content (AvgIpc) is 2.82. The minimum atomic E-state index is -4.50. The zero-order chi connectivity index (χ0) is 14.8. The maximum atomic E-state index is 13.3. The van der Waals surface area contributed by atoms with Gasteiger partial charge in [-0.3, -0.25) is 0 Å². The van der Waals surface area contributed by atoms with Crippen LogP contribution >= 0.6 is 0 Å². The van der Waals surface area contributed by atoms with Crippen molar-refractivity contribution in [1.82, 2.24) is 15.1 Å². The molecule has 0 saturated heterocycles. The SMILES string of the molecule is CNCc1cnn(-c2ccccc2OC)c1C(F)(F)F. The van der Waals surface area contributed by atoms with E-state index in [0.29, 0.717) is 5.75 Å². The molecule has 0 spiro atoms. The number of ether oxygens (including phenoxy) is 1. The molecule has 0 saturated carbocycles. The van der Waals surface area contributed by atoms with Gasteiger partial charge in [-0.1, -0.05) is 12.1 Å². The quantitative estimate of drug-likeness (QED) is 0.938. The van der Waals surface area contributed by atoms with Crippen LogP contribution in [0.2, 0.25) is 0 Å². The molecular formula is C13H14F3N3O. The van der Waals surface area contributed by atoms with Crippen LogP contribution in [-0.2, 0) is 12.7 Å². The molecule has 0 unspecified atom stereocenters. The van der Waals surface area contributed by atoms with Gasteiger partial charge in [0.25, 0.3) is 0 Å². The van der Waals surface area contributed by atoms with Gasteiger partial charge < -0.3 is 10.1 Å².